The quantitative estimate of drug-likeness (QED) is 0.102. The maximum absolute atomic E-state index is 13.8. The van der Waals surface area contributed by atoms with E-state index in [1.54, 1.807) is 62.4 Å². The number of hydrogen-bond acceptors (Lipinski definition) is 11. The molecule has 386 valence electrons. The van der Waals surface area contributed by atoms with Gasteiger partial charge in [-0.1, -0.05) is 70.7 Å². The number of carbonyl (C=O) groups is 2. The zero-order valence-electron chi connectivity index (χ0n) is 37.7. The molecule has 8 rings (SSSR count). The van der Waals surface area contributed by atoms with Gasteiger partial charge in [0.25, 0.3) is 31.9 Å². The predicted octanol–water partition coefficient (Wildman–Crippen LogP) is 11.3. The lowest BCUT2D eigenvalue weighted by atomic mass is 10.1. The number of pyridine rings is 2. The molecule has 2 aliphatic heterocycles. The van der Waals surface area contributed by atoms with Gasteiger partial charge in [-0.2, -0.15) is 26.3 Å². The van der Waals surface area contributed by atoms with Crippen molar-refractivity contribution in [3.8, 4) is 11.5 Å². The molecule has 2 aliphatic rings. The number of para-hydroxylation sites is 4. The predicted molar refractivity (Wildman–Crippen MR) is 260 cm³/mol. The lowest BCUT2D eigenvalue weighted by molar-refractivity contribution is -0.138. The van der Waals surface area contributed by atoms with Crippen LogP contribution in [0.5, 0.6) is 11.5 Å². The number of sulfonamides is 2. The van der Waals surface area contributed by atoms with Crippen LogP contribution in [-0.4, -0.2) is 77.8 Å². The summed E-state index contributed by atoms with van der Waals surface area (Å²) in [6, 6.07) is 19.3. The van der Waals surface area contributed by atoms with Crippen LogP contribution >= 0.6 is 46.4 Å². The third kappa shape index (κ3) is 11.7. The molecule has 2 atom stereocenters. The third-order valence-electron chi connectivity index (χ3n) is 10.8. The summed E-state index contributed by atoms with van der Waals surface area (Å²) in [6.07, 6.45) is -7.46. The fourth-order valence-electron chi connectivity index (χ4n) is 7.41. The molecule has 0 radical (unpaired) electrons. The second kappa shape index (κ2) is 21.4. The number of rotatable bonds is 10. The van der Waals surface area contributed by atoms with Gasteiger partial charge >= 0.3 is 12.4 Å². The molecule has 0 bridgehead atoms. The Labute approximate surface area is 433 Å². The summed E-state index contributed by atoms with van der Waals surface area (Å²) >= 11 is 23.4. The molecule has 6 aromatic rings. The van der Waals surface area contributed by atoms with Crippen LogP contribution in [-0.2, 0) is 37.1 Å². The maximum atomic E-state index is 13.8. The number of alkyl halides is 6. The lowest BCUT2D eigenvalue weighted by Gasteiger charge is -2.35. The second-order valence-corrected chi connectivity index (χ2v) is 21.1. The van der Waals surface area contributed by atoms with E-state index in [2.05, 4.69) is 14.7 Å². The molecule has 1 N–H and O–H groups in total. The Morgan fingerprint density at radius 3 is 1.64 bits per heavy atom. The van der Waals surface area contributed by atoms with Gasteiger partial charge < -0.3 is 14.2 Å². The molecule has 0 saturated heterocycles. The molecule has 15 nitrogen and oxygen atoms in total. The first-order valence-electron chi connectivity index (χ1n) is 20.9. The van der Waals surface area contributed by atoms with Gasteiger partial charge in [-0.25, -0.2) is 31.1 Å². The molecule has 2 unspecified atom stereocenters. The van der Waals surface area contributed by atoms with Crippen LogP contribution in [0, 0.1) is 0 Å². The number of nitrogens with one attached hydrogen (secondary N) is 1. The molecule has 2 amide bonds. The van der Waals surface area contributed by atoms with Crippen molar-refractivity contribution < 1.29 is 67.0 Å². The number of fused-ring (bicyclic) bond motifs is 2. The first kappa shape index (κ1) is 54.7. The topological polar surface area (TPSA) is 178 Å². The highest BCUT2D eigenvalue weighted by atomic mass is 35.5. The van der Waals surface area contributed by atoms with Gasteiger partial charge in [0.1, 0.15) is 31.4 Å². The van der Waals surface area contributed by atoms with Crippen LogP contribution in [0.1, 0.15) is 46.0 Å². The van der Waals surface area contributed by atoms with E-state index in [9.17, 15) is 52.8 Å². The van der Waals surface area contributed by atoms with Gasteiger partial charge in [0.15, 0.2) is 11.4 Å². The number of benzene rings is 4. The largest absolute Gasteiger partial charge is 0.489 e. The van der Waals surface area contributed by atoms with Gasteiger partial charge in [-0.05, 0) is 86.6 Å². The minimum Gasteiger partial charge on any atom is -0.489 e. The third-order valence-corrected chi connectivity index (χ3v) is 14.9. The van der Waals surface area contributed by atoms with Gasteiger partial charge in [0.2, 0.25) is 0 Å². The van der Waals surface area contributed by atoms with Gasteiger partial charge in [0.05, 0.1) is 75.8 Å². The van der Waals surface area contributed by atoms with E-state index in [-0.39, 0.29) is 46.0 Å². The van der Waals surface area contributed by atoms with Gasteiger partial charge in [0, 0.05) is 19.5 Å². The molecule has 2 aromatic heterocycles. The summed E-state index contributed by atoms with van der Waals surface area (Å²) in [7, 11) is -8.15. The van der Waals surface area contributed by atoms with Crippen LogP contribution in [0.3, 0.4) is 0 Å². The van der Waals surface area contributed by atoms with Crippen molar-refractivity contribution in [2.75, 3.05) is 45.9 Å². The summed E-state index contributed by atoms with van der Waals surface area (Å²) in [5.41, 5.74) is -2.97. The molecule has 4 heterocycles. The first-order valence-corrected chi connectivity index (χ1v) is 25.4. The van der Waals surface area contributed by atoms with Crippen molar-refractivity contribution in [3.63, 3.8) is 0 Å². The number of anilines is 4. The molecule has 0 spiro atoms. The van der Waals surface area contributed by atoms with Crippen molar-refractivity contribution in [3.05, 3.63) is 152 Å². The van der Waals surface area contributed by atoms with Crippen LogP contribution < -0.4 is 28.3 Å². The summed E-state index contributed by atoms with van der Waals surface area (Å²) in [5.74, 6) is -0.439. The van der Waals surface area contributed by atoms with Crippen LogP contribution in [0.15, 0.2) is 119 Å². The first-order chi connectivity index (χ1) is 34.2. The Kier molecular flexibility index (Phi) is 16.0. The fraction of sp³-hybridized carbons (Fsp3) is 0.217. The number of halogens is 10. The van der Waals surface area contributed by atoms with E-state index in [1.807, 2.05) is 0 Å². The van der Waals surface area contributed by atoms with E-state index in [0.717, 1.165) is 42.7 Å². The Balaban J connectivity index is 0.000000214. The van der Waals surface area contributed by atoms with E-state index >= 15 is 0 Å². The summed E-state index contributed by atoms with van der Waals surface area (Å²) in [6.45, 7) is 3.16. The normalized spacial score (nSPS) is 15.7. The highest BCUT2D eigenvalue weighted by molar-refractivity contribution is 7.93. The average molecular weight is 1140 g/mol. The highest BCUT2D eigenvalue weighted by Gasteiger charge is 2.40. The monoisotopic (exact) mass is 1130 g/mol. The average Bonchev–Trinajstić information content (AvgIpc) is 3.32. The maximum Gasteiger partial charge on any atom is 0.417 e. The van der Waals surface area contributed by atoms with Crippen molar-refractivity contribution >= 4 is 101 Å². The molecule has 27 heteroatoms. The summed E-state index contributed by atoms with van der Waals surface area (Å²) in [4.78, 5) is 36.9. The zero-order valence-corrected chi connectivity index (χ0v) is 42.3. The van der Waals surface area contributed by atoms with Crippen molar-refractivity contribution in [2.24, 2.45) is 0 Å². The van der Waals surface area contributed by atoms with Crippen molar-refractivity contribution in [2.45, 2.75) is 48.1 Å². The minimum absolute atomic E-state index is 0.00163. The van der Waals surface area contributed by atoms with E-state index in [1.165, 1.54) is 23.0 Å². The van der Waals surface area contributed by atoms with Crippen molar-refractivity contribution in [1.29, 1.82) is 0 Å². The Morgan fingerprint density at radius 1 is 0.685 bits per heavy atom. The zero-order chi connectivity index (χ0) is 53.4. The van der Waals surface area contributed by atoms with E-state index < -0.39 is 94.0 Å². The number of methoxy groups -OCH3 is 1. The fourth-order valence-corrected chi connectivity index (χ4v) is 10.7. The summed E-state index contributed by atoms with van der Waals surface area (Å²) < 4.78 is 153. The Bertz CT molecular complexity index is 3340. The number of carbonyl (C=O) groups excluding carboxylic acids is 2. The van der Waals surface area contributed by atoms with E-state index in [0.29, 0.717) is 39.3 Å². The highest BCUT2D eigenvalue weighted by Crippen LogP contribution is 2.41. The minimum atomic E-state index is -4.91. The van der Waals surface area contributed by atoms with Gasteiger partial charge in [-0.15, -0.1) is 0 Å². The number of hydrogen-bond donors (Lipinski definition) is 1. The number of nitrogens with zero attached hydrogens (tertiary/aromatic N) is 5. The molecule has 0 fully saturated rings. The molecule has 73 heavy (non-hydrogen) atoms. The Hall–Kier alpha value is -6.08. The molecule has 0 aliphatic carbocycles. The Morgan fingerprint density at radius 2 is 1.14 bits per heavy atom. The SMILES string of the molecule is CC1COc2ccccc2N1C(=O)c1ncc(Cl)cc1NS(=O)(=O)c1ccc(Cl)c(C(F)(F)F)c1.COCN(c1cc(Cl)cnc1C(=O)N1c2ccccc2OCC1C)S(=O)(=O)c1ccc(Cl)c(C(F)(F)F)c1. The molecular weight excluding hydrogens is 1100 g/mol. The smallest absolute Gasteiger partial charge is 0.417 e. The van der Waals surface area contributed by atoms with Crippen LogP contribution in [0.2, 0.25) is 20.1 Å². The summed E-state index contributed by atoms with van der Waals surface area (Å²) in [5, 5.41) is -1.34. The van der Waals surface area contributed by atoms with Crippen LogP contribution in [0.25, 0.3) is 0 Å². The number of aromatic nitrogens is 2. The second-order valence-electron chi connectivity index (χ2n) is 15.8. The van der Waals surface area contributed by atoms with Gasteiger partial charge in [-0.3, -0.25) is 24.1 Å². The number of ether oxygens (including phenoxy) is 3. The standard InChI is InChI=1S/C24H20Cl2F3N3O5S.C22H16Cl2F3N3O4S/c1-14-12-37-21-6-4-3-5-19(21)32(14)23(33)22-20(9-15(25)11-30-22)31(13-36-2)38(34,35)16-7-8-18(26)17(10-16)24(27,28)29;1-12-11-34-19-5-3-2-4-18(19)30(12)21(31)20-17(8-13(23)10-28-20)29-35(32,33)14-6-7-16(24)15(9-14)22(25,26)27/h3-11,14H,12-13H2,1-2H3;2-10,12,29H,11H2,1H3. The molecular formula is C46H36Cl4F6N6O9S2. The molecule has 4 aromatic carbocycles. The van der Waals surface area contributed by atoms with Crippen LogP contribution in [0.4, 0.5) is 49.1 Å². The molecule has 0 saturated carbocycles. The van der Waals surface area contributed by atoms with E-state index in [4.69, 9.17) is 60.6 Å². The van der Waals surface area contributed by atoms with Crippen molar-refractivity contribution in [1.82, 2.24) is 9.97 Å². The lowest BCUT2D eigenvalue weighted by Crippen LogP contribution is -2.46. The number of amides is 2.